The SMILES string of the molecule is CN1C(=O)c2ccc(C(=O)NC(c3ccccc3)c3ccc(Br)cc3)cc2C1=O. The predicted molar refractivity (Wildman–Crippen MR) is 113 cm³/mol. The van der Waals surface area contributed by atoms with E-state index in [4.69, 9.17) is 0 Å². The minimum absolute atomic E-state index is 0.255. The number of hydrogen-bond donors (Lipinski definition) is 1. The number of fused-ring (bicyclic) bond motifs is 1. The van der Waals surface area contributed by atoms with E-state index in [9.17, 15) is 14.4 Å². The van der Waals surface area contributed by atoms with Crippen LogP contribution in [0.25, 0.3) is 0 Å². The number of imide groups is 1. The third kappa shape index (κ3) is 3.59. The molecule has 0 aromatic heterocycles. The monoisotopic (exact) mass is 448 g/mol. The van der Waals surface area contributed by atoms with Crippen LogP contribution in [0.1, 0.15) is 48.2 Å². The van der Waals surface area contributed by atoms with Gasteiger partial charge in [-0.1, -0.05) is 58.4 Å². The van der Waals surface area contributed by atoms with Crippen molar-refractivity contribution in [3.8, 4) is 0 Å². The minimum atomic E-state index is -0.396. The summed E-state index contributed by atoms with van der Waals surface area (Å²) in [5, 5.41) is 3.05. The molecule has 6 heteroatoms. The number of nitrogens with zero attached hydrogens (tertiary/aromatic N) is 1. The number of halogens is 1. The molecule has 1 aliphatic rings. The van der Waals surface area contributed by atoms with E-state index in [1.54, 1.807) is 6.07 Å². The van der Waals surface area contributed by atoms with Gasteiger partial charge in [0.15, 0.2) is 0 Å². The zero-order chi connectivity index (χ0) is 20.5. The van der Waals surface area contributed by atoms with Crippen molar-refractivity contribution in [1.82, 2.24) is 10.2 Å². The molecule has 0 saturated heterocycles. The van der Waals surface area contributed by atoms with Gasteiger partial charge in [-0.05, 0) is 41.5 Å². The molecule has 1 heterocycles. The standard InChI is InChI=1S/C23H17BrN2O3/c1-26-22(28)18-12-9-16(13-19(18)23(26)29)21(27)25-20(14-5-3-2-4-6-14)15-7-10-17(24)11-8-15/h2-13,20H,1H3,(H,25,27). The molecule has 0 aliphatic carbocycles. The van der Waals surface area contributed by atoms with Crippen LogP contribution >= 0.6 is 15.9 Å². The first-order valence-electron chi connectivity index (χ1n) is 9.03. The molecule has 4 rings (SSSR count). The zero-order valence-corrected chi connectivity index (χ0v) is 17.1. The molecule has 144 valence electrons. The molecule has 0 saturated carbocycles. The third-order valence-corrected chi connectivity index (χ3v) is 5.49. The highest BCUT2D eigenvalue weighted by molar-refractivity contribution is 9.10. The first kappa shape index (κ1) is 19.1. The van der Waals surface area contributed by atoms with Crippen molar-refractivity contribution in [1.29, 1.82) is 0 Å². The van der Waals surface area contributed by atoms with Crippen LogP contribution in [0.2, 0.25) is 0 Å². The fraction of sp³-hybridized carbons (Fsp3) is 0.0870. The van der Waals surface area contributed by atoms with Crippen molar-refractivity contribution >= 4 is 33.7 Å². The van der Waals surface area contributed by atoms with Crippen LogP contribution in [0.5, 0.6) is 0 Å². The van der Waals surface area contributed by atoms with Crippen LogP contribution in [0.15, 0.2) is 77.3 Å². The number of hydrogen-bond acceptors (Lipinski definition) is 3. The van der Waals surface area contributed by atoms with E-state index < -0.39 is 5.91 Å². The van der Waals surface area contributed by atoms with E-state index in [0.29, 0.717) is 11.1 Å². The molecule has 1 N–H and O–H groups in total. The van der Waals surface area contributed by atoms with Crippen molar-refractivity contribution in [3.63, 3.8) is 0 Å². The molecule has 29 heavy (non-hydrogen) atoms. The highest BCUT2D eigenvalue weighted by Gasteiger charge is 2.33. The van der Waals surface area contributed by atoms with Crippen molar-refractivity contribution in [2.24, 2.45) is 0 Å². The quantitative estimate of drug-likeness (QED) is 0.608. The van der Waals surface area contributed by atoms with Gasteiger partial charge in [0.05, 0.1) is 17.2 Å². The maximum absolute atomic E-state index is 13.0. The molecule has 5 nitrogen and oxygen atoms in total. The summed E-state index contributed by atoms with van der Waals surface area (Å²) in [6, 6.07) is 21.6. The van der Waals surface area contributed by atoms with Crippen molar-refractivity contribution < 1.29 is 14.4 Å². The molecule has 0 spiro atoms. The average Bonchev–Trinajstić information content (AvgIpc) is 2.97. The highest BCUT2D eigenvalue weighted by Crippen LogP contribution is 2.26. The average molecular weight is 449 g/mol. The minimum Gasteiger partial charge on any atom is -0.341 e. The first-order chi connectivity index (χ1) is 14.0. The Bertz CT molecular complexity index is 1110. The van der Waals surface area contributed by atoms with Gasteiger partial charge in [-0.2, -0.15) is 0 Å². The Morgan fingerprint density at radius 1 is 0.862 bits per heavy atom. The summed E-state index contributed by atoms with van der Waals surface area (Å²) in [5.41, 5.74) is 2.78. The predicted octanol–water partition coefficient (Wildman–Crippen LogP) is 4.19. The molecule has 1 aliphatic heterocycles. The maximum atomic E-state index is 13.0. The van der Waals surface area contributed by atoms with Crippen molar-refractivity contribution in [3.05, 3.63) is 105 Å². The van der Waals surface area contributed by atoms with E-state index in [0.717, 1.165) is 20.5 Å². The van der Waals surface area contributed by atoms with E-state index >= 15 is 0 Å². The zero-order valence-electron chi connectivity index (χ0n) is 15.6. The molecule has 0 radical (unpaired) electrons. The second kappa shape index (κ2) is 7.64. The lowest BCUT2D eigenvalue weighted by Crippen LogP contribution is -2.29. The van der Waals surface area contributed by atoms with Gasteiger partial charge in [0.2, 0.25) is 0 Å². The van der Waals surface area contributed by atoms with Crippen LogP contribution in [0.3, 0.4) is 0 Å². The number of nitrogens with one attached hydrogen (secondary N) is 1. The molecule has 3 aromatic carbocycles. The molecule has 1 atom stereocenters. The number of benzene rings is 3. The number of carbonyl (C=O) groups excluding carboxylic acids is 3. The van der Waals surface area contributed by atoms with Gasteiger partial charge in [-0.25, -0.2) is 0 Å². The molecule has 3 amide bonds. The molecular weight excluding hydrogens is 432 g/mol. The fourth-order valence-corrected chi connectivity index (χ4v) is 3.64. The van der Waals surface area contributed by atoms with Crippen LogP contribution in [0, 0.1) is 0 Å². The van der Waals surface area contributed by atoms with Crippen molar-refractivity contribution in [2.45, 2.75) is 6.04 Å². The lowest BCUT2D eigenvalue weighted by atomic mass is 9.98. The topological polar surface area (TPSA) is 66.5 Å². The van der Waals surface area contributed by atoms with E-state index in [-0.39, 0.29) is 23.4 Å². The number of carbonyl (C=O) groups is 3. The summed E-state index contributed by atoms with van der Waals surface area (Å²) in [5.74, 6) is -1.07. The van der Waals surface area contributed by atoms with Crippen LogP contribution in [-0.2, 0) is 0 Å². The van der Waals surface area contributed by atoms with Gasteiger partial charge in [0.25, 0.3) is 17.7 Å². The summed E-state index contributed by atoms with van der Waals surface area (Å²) in [4.78, 5) is 38.4. The normalized spacial score (nSPS) is 13.9. The number of amides is 3. The Kier molecular flexibility index (Phi) is 5.03. The van der Waals surface area contributed by atoms with Gasteiger partial charge < -0.3 is 5.32 Å². The van der Waals surface area contributed by atoms with Gasteiger partial charge in [0.1, 0.15) is 0 Å². The lowest BCUT2D eigenvalue weighted by Gasteiger charge is -2.20. The second-order valence-corrected chi connectivity index (χ2v) is 7.71. The van der Waals surface area contributed by atoms with Crippen LogP contribution in [-0.4, -0.2) is 29.7 Å². The molecule has 1 unspecified atom stereocenters. The van der Waals surface area contributed by atoms with Gasteiger partial charge >= 0.3 is 0 Å². The fourth-order valence-electron chi connectivity index (χ4n) is 3.38. The largest absolute Gasteiger partial charge is 0.341 e. The smallest absolute Gasteiger partial charge is 0.261 e. The molecular formula is C23H17BrN2O3. The summed E-state index contributed by atoms with van der Waals surface area (Å²) < 4.78 is 0.949. The second-order valence-electron chi connectivity index (χ2n) is 6.80. The summed E-state index contributed by atoms with van der Waals surface area (Å²) >= 11 is 3.43. The summed E-state index contributed by atoms with van der Waals surface area (Å²) in [6.45, 7) is 0. The van der Waals surface area contributed by atoms with Crippen LogP contribution < -0.4 is 5.32 Å². The first-order valence-corrected chi connectivity index (χ1v) is 9.82. The highest BCUT2D eigenvalue weighted by atomic mass is 79.9. The van der Waals surface area contributed by atoms with E-state index in [1.807, 2.05) is 54.6 Å². The molecule has 0 bridgehead atoms. The molecule has 3 aromatic rings. The van der Waals surface area contributed by atoms with Gasteiger partial charge in [0, 0.05) is 17.1 Å². The Hall–Kier alpha value is -3.25. The Labute approximate surface area is 176 Å². The third-order valence-electron chi connectivity index (χ3n) is 4.96. The van der Waals surface area contributed by atoms with E-state index in [2.05, 4.69) is 21.2 Å². The summed E-state index contributed by atoms with van der Waals surface area (Å²) in [6.07, 6.45) is 0. The van der Waals surface area contributed by atoms with Gasteiger partial charge in [-0.3, -0.25) is 19.3 Å². The molecule has 0 fully saturated rings. The number of rotatable bonds is 4. The van der Waals surface area contributed by atoms with Crippen molar-refractivity contribution in [2.75, 3.05) is 7.05 Å². The maximum Gasteiger partial charge on any atom is 0.261 e. The van der Waals surface area contributed by atoms with Crippen LogP contribution in [0.4, 0.5) is 0 Å². The summed E-state index contributed by atoms with van der Waals surface area (Å²) in [7, 11) is 1.43. The Morgan fingerprint density at radius 3 is 2.17 bits per heavy atom. The Morgan fingerprint density at radius 2 is 1.48 bits per heavy atom. The van der Waals surface area contributed by atoms with E-state index in [1.165, 1.54) is 19.2 Å². The Balaban J connectivity index is 1.67. The van der Waals surface area contributed by atoms with Gasteiger partial charge in [-0.15, -0.1) is 0 Å². The lowest BCUT2D eigenvalue weighted by molar-refractivity contribution is 0.0693.